The minimum Gasteiger partial charge on any atom is -0.349 e. The lowest BCUT2D eigenvalue weighted by Crippen LogP contribution is -2.48. The Labute approximate surface area is 207 Å². The molecule has 2 aliphatic rings. The maximum atomic E-state index is 13.0. The van der Waals surface area contributed by atoms with Gasteiger partial charge in [-0.15, -0.1) is 5.11 Å². The summed E-state index contributed by atoms with van der Waals surface area (Å²) in [5, 5.41) is 7.13. The van der Waals surface area contributed by atoms with Gasteiger partial charge in [0.05, 0.1) is 38.6 Å². The van der Waals surface area contributed by atoms with Crippen molar-refractivity contribution in [2.24, 2.45) is 15.2 Å². The predicted octanol–water partition coefficient (Wildman–Crippen LogP) is 5.80. The van der Waals surface area contributed by atoms with Gasteiger partial charge in [0.2, 0.25) is 0 Å². The molecular weight excluding hydrogens is 506 g/mol. The number of morpholine rings is 1. The highest BCUT2D eigenvalue weighted by Gasteiger charge is 2.36. The summed E-state index contributed by atoms with van der Waals surface area (Å²) < 4.78 is 89.6. The number of aliphatic imine (C=N–C) groups is 1. The molecule has 37 heavy (non-hydrogen) atoms. The average Bonchev–Trinajstić information content (AvgIpc) is 3.20. The number of halogens is 6. The van der Waals surface area contributed by atoms with Crippen LogP contribution in [0.5, 0.6) is 0 Å². The van der Waals surface area contributed by atoms with Gasteiger partial charge in [-0.3, -0.25) is 4.90 Å². The molecular formula is C24H22F6N4O3. The predicted molar refractivity (Wildman–Crippen MR) is 119 cm³/mol. The van der Waals surface area contributed by atoms with Gasteiger partial charge >= 0.3 is 18.4 Å². The maximum Gasteiger partial charge on any atom is 0.393 e. The normalized spacial score (nSPS) is 20.9. The third kappa shape index (κ3) is 7.91. The molecule has 2 aliphatic heterocycles. The standard InChI is InChI=1S/C24H22F6N4O3/c25-23(26,27)11-15-8-16(12-24(28,29)30)10-17(9-15)14-37-21-20(18-4-2-1-3-5-18)34(6-7-36-21)13-19-31-22(35)33-32-19/h1-5,8-10,20-21H,6-7,11-14H2. The molecule has 0 aromatic heterocycles. The number of nitrogens with zero attached hydrogens (tertiary/aromatic N) is 4. The molecule has 0 saturated carbocycles. The topological polar surface area (TPSA) is 75.9 Å². The van der Waals surface area contributed by atoms with Gasteiger partial charge in [-0.25, -0.2) is 4.79 Å². The number of amides is 2. The molecule has 0 aliphatic carbocycles. The molecule has 2 unspecified atom stereocenters. The van der Waals surface area contributed by atoms with Gasteiger partial charge in [0.25, 0.3) is 0 Å². The number of carbonyl (C=O) groups excluding carboxylic acids is 1. The number of urea groups is 1. The van der Waals surface area contributed by atoms with Gasteiger partial charge in [-0.2, -0.15) is 31.3 Å². The van der Waals surface area contributed by atoms with Crippen molar-refractivity contribution in [3.05, 3.63) is 70.8 Å². The average molecular weight is 528 g/mol. The molecule has 198 valence electrons. The van der Waals surface area contributed by atoms with E-state index in [0.29, 0.717) is 6.54 Å². The number of benzene rings is 2. The van der Waals surface area contributed by atoms with E-state index in [2.05, 4.69) is 15.2 Å². The van der Waals surface area contributed by atoms with Crippen molar-refractivity contribution in [2.45, 2.75) is 44.1 Å². The summed E-state index contributed by atoms with van der Waals surface area (Å²) in [6.07, 6.45) is -12.8. The smallest absolute Gasteiger partial charge is 0.349 e. The highest BCUT2D eigenvalue weighted by molar-refractivity contribution is 5.99. The van der Waals surface area contributed by atoms with Crippen LogP contribution in [0, 0.1) is 0 Å². The molecule has 0 radical (unpaired) electrons. The van der Waals surface area contributed by atoms with Crippen molar-refractivity contribution < 1.29 is 40.6 Å². The van der Waals surface area contributed by atoms with Crippen LogP contribution in [0.1, 0.15) is 28.3 Å². The van der Waals surface area contributed by atoms with E-state index < -0.39 is 43.6 Å². The Morgan fingerprint density at radius 2 is 1.54 bits per heavy atom. The number of ether oxygens (including phenoxy) is 2. The summed E-state index contributed by atoms with van der Waals surface area (Å²) in [6, 6.07) is 11.1. The molecule has 13 heteroatoms. The zero-order valence-electron chi connectivity index (χ0n) is 19.3. The van der Waals surface area contributed by atoms with E-state index in [4.69, 9.17) is 9.47 Å². The molecule has 0 spiro atoms. The molecule has 2 amide bonds. The fraction of sp³-hybridized carbons (Fsp3) is 0.417. The van der Waals surface area contributed by atoms with Crippen molar-refractivity contribution in [1.82, 2.24) is 4.90 Å². The fourth-order valence-electron chi connectivity index (χ4n) is 4.30. The third-order valence-corrected chi connectivity index (χ3v) is 5.61. The lowest BCUT2D eigenvalue weighted by molar-refractivity contribution is -0.214. The zero-order chi connectivity index (χ0) is 26.6. The Hall–Kier alpha value is -3.16. The third-order valence-electron chi connectivity index (χ3n) is 5.61. The molecule has 1 saturated heterocycles. The monoisotopic (exact) mass is 528 g/mol. The number of hydrogen-bond donors (Lipinski definition) is 0. The van der Waals surface area contributed by atoms with E-state index in [1.807, 2.05) is 23.1 Å². The second kappa shape index (κ2) is 11.1. The Morgan fingerprint density at radius 1 is 0.919 bits per heavy atom. The number of carbonyl (C=O) groups is 1. The second-order valence-corrected chi connectivity index (χ2v) is 8.63. The quantitative estimate of drug-likeness (QED) is 0.406. The molecule has 2 aromatic carbocycles. The van der Waals surface area contributed by atoms with Gasteiger partial charge < -0.3 is 9.47 Å². The maximum absolute atomic E-state index is 13.0. The molecule has 7 nitrogen and oxygen atoms in total. The van der Waals surface area contributed by atoms with Crippen molar-refractivity contribution in [3.63, 3.8) is 0 Å². The Morgan fingerprint density at radius 3 is 2.11 bits per heavy atom. The largest absolute Gasteiger partial charge is 0.393 e. The first kappa shape index (κ1) is 26.9. The van der Waals surface area contributed by atoms with Crippen LogP contribution < -0.4 is 0 Å². The van der Waals surface area contributed by atoms with Crippen molar-refractivity contribution >= 4 is 11.9 Å². The lowest BCUT2D eigenvalue weighted by atomic mass is 10.0. The van der Waals surface area contributed by atoms with Crippen LogP contribution in [0.2, 0.25) is 0 Å². The van der Waals surface area contributed by atoms with E-state index in [1.54, 1.807) is 12.1 Å². The molecule has 0 N–H and O–H groups in total. The fourth-order valence-corrected chi connectivity index (χ4v) is 4.30. The van der Waals surface area contributed by atoms with Crippen molar-refractivity contribution in [2.75, 3.05) is 19.7 Å². The second-order valence-electron chi connectivity index (χ2n) is 8.63. The van der Waals surface area contributed by atoms with E-state index in [9.17, 15) is 31.1 Å². The number of amidine groups is 1. The van der Waals surface area contributed by atoms with Gasteiger partial charge in [0.15, 0.2) is 12.1 Å². The first-order valence-corrected chi connectivity index (χ1v) is 11.3. The summed E-state index contributed by atoms with van der Waals surface area (Å²) in [5.74, 6) is 0.211. The molecule has 1 fully saturated rings. The van der Waals surface area contributed by atoms with Gasteiger partial charge in [0, 0.05) is 6.54 Å². The SMILES string of the molecule is O=C1N=NC(CN2CCOC(OCc3cc(CC(F)(F)F)cc(CC(F)(F)F)c3)C2c2ccccc2)=N1. The molecule has 2 aromatic rings. The van der Waals surface area contributed by atoms with Crippen LogP contribution in [0.15, 0.2) is 63.8 Å². The van der Waals surface area contributed by atoms with E-state index in [0.717, 1.165) is 11.6 Å². The summed E-state index contributed by atoms with van der Waals surface area (Å²) in [6.45, 7) is 0.533. The highest BCUT2D eigenvalue weighted by Crippen LogP contribution is 2.32. The molecule has 2 atom stereocenters. The van der Waals surface area contributed by atoms with Crippen LogP contribution in [-0.2, 0) is 28.9 Å². The van der Waals surface area contributed by atoms with Crippen molar-refractivity contribution in [3.8, 4) is 0 Å². The van der Waals surface area contributed by atoms with Crippen LogP contribution >= 0.6 is 0 Å². The summed E-state index contributed by atoms with van der Waals surface area (Å²) in [5.41, 5.74) is 0.381. The van der Waals surface area contributed by atoms with Crippen molar-refractivity contribution in [1.29, 1.82) is 0 Å². The van der Waals surface area contributed by atoms with E-state index in [-0.39, 0.29) is 42.3 Å². The molecule has 2 heterocycles. The first-order chi connectivity index (χ1) is 17.4. The molecule has 4 rings (SSSR count). The Balaban J connectivity index is 1.56. The Bertz CT molecular complexity index is 1130. The van der Waals surface area contributed by atoms with E-state index >= 15 is 0 Å². The minimum absolute atomic E-state index is 0.160. The van der Waals surface area contributed by atoms with Crippen LogP contribution in [0.25, 0.3) is 0 Å². The number of alkyl halides is 6. The van der Waals surface area contributed by atoms with Gasteiger partial charge in [0.1, 0.15) is 0 Å². The summed E-state index contributed by atoms with van der Waals surface area (Å²) >= 11 is 0. The molecule has 0 bridgehead atoms. The number of hydrogen-bond acceptors (Lipinski definition) is 5. The first-order valence-electron chi connectivity index (χ1n) is 11.3. The van der Waals surface area contributed by atoms with Crippen LogP contribution in [-0.4, -0.2) is 55.1 Å². The number of rotatable bonds is 8. The minimum atomic E-state index is -4.58. The summed E-state index contributed by atoms with van der Waals surface area (Å²) in [4.78, 5) is 17.0. The lowest BCUT2D eigenvalue weighted by Gasteiger charge is -2.40. The number of azo groups is 1. The van der Waals surface area contributed by atoms with Crippen LogP contribution in [0.4, 0.5) is 31.1 Å². The Kier molecular flexibility index (Phi) is 8.05. The van der Waals surface area contributed by atoms with Gasteiger partial charge in [-0.05, 0) is 22.3 Å². The highest BCUT2D eigenvalue weighted by atomic mass is 19.4. The van der Waals surface area contributed by atoms with Gasteiger partial charge in [-0.1, -0.05) is 53.6 Å². The van der Waals surface area contributed by atoms with E-state index in [1.165, 1.54) is 12.1 Å². The zero-order valence-corrected chi connectivity index (χ0v) is 19.3. The summed E-state index contributed by atoms with van der Waals surface area (Å²) in [7, 11) is 0. The van der Waals surface area contributed by atoms with Crippen LogP contribution in [0.3, 0.4) is 0 Å².